The van der Waals surface area contributed by atoms with Crippen molar-refractivity contribution in [2.75, 3.05) is 12.4 Å². The number of carbonyl (C=O) groups is 1. The lowest BCUT2D eigenvalue weighted by Crippen LogP contribution is -2.37. The van der Waals surface area contributed by atoms with Gasteiger partial charge < -0.3 is 10.1 Å². The Balaban J connectivity index is 1.97. The van der Waals surface area contributed by atoms with Crippen LogP contribution < -0.4 is 10.1 Å². The van der Waals surface area contributed by atoms with Gasteiger partial charge in [-0.3, -0.25) is 4.79 Å². The number of benzene rings is 1. The fourth-order valence-corrected chi connectivity index (χ4v) is 4.04. The second-order valence-electron chi connectivity index (χ2n) is 5.62. The maximum absolute atomic E-state index is 12.2. The monoisotopic (exact) mass is 325 g/mol. The Kier molecular flexibility index (Phi) is 5.83. The second kappa shape index (κ2) is 7.63. The van der Waals surface area contributed by atoms with Crippen LogP contribution in [0.4, 0.5) is 0 Å². The van der Waals surface area contributed by atoms with Crippen LogP contribution >= 0.6 is 0 Å². The van der Waals surface area contributed by atoms with Crippen molar-refractivity contribution in [1.82, 2.24) is 5.32 Å². The molecule has 6 heteroatoms. The fourth-order valence-electron chi connectivity index (χ4n) is 2.75. The maximum Gasteiger partial charge on any atom is 0.235 e. The van der Waals surface area contributed by atoms with Gasteiger partial charge in [-0.05, 0) is 25.8 Å². The van der Waals surface area contributed by atoms with Crippen LogP contribution in [0.3, 0.4) is 0 Å². The molecular formula is C16H23NO4S. The first-order valence-electron chi connectivity index (χ1n) is 7.70. The van der Waals surface area contributed by atoms with E-state index in [-0.39, 0.29) is 11.8 Å². The fraction of sp³-hybridized carbons (Fsp3) is 0.562. The molecule has 1 saturated carbocycles. The van der Waals surface area contributed by atoms with E-state index in [4.69, 9.17) is 4.74 Å². The number of rotatable bonds is 7. The first kappa shape index (κ1) is 16.8. The summed E-state index contributed by atoms with van der Waals surface area (Å²) >= 11 is 0. The van der Waals surface area contributed by atoms with Gasteiger partial charge >= 0.3 is 0 Å². The molecule has 1 fully saturated rings. The molecule has 0 atom stereocenters. The molecule has 22 heavy (non-hydrogen) atoms. The van der Waals surface area contributed by atoms with Crippen molar-refractivity contribution >= 4 is 15.7 Å². The number of ether oxygens (including phenoxy) is 1. The Labute approximate surface area is 132 Å². The molecule has 1 aliphatic rings. The summed E-state index contributed by atoms with van der Waals surface area (Å²) in [5.41, 5.74) is 0.595. The Morgan fingerprint density at radius 3 is 2.64 bits per heavy atom. The van der Waals surface area contributed by atoms with E-state index in [0.29, 0.717) is 17.9 Å². The van der Waals surface area contributed by atoms with Crippen molar-refractivity contribution in [1.29, 1.82) is 0 Å². The van der Waals surface area contributed by atoms with Gasteiger partial charge in [-0.1, -0.05) is 31.0 Å². The van der Waals surface area contributed by atoms with E-state index in [1.807, 2.05) is 6.92 Å². The summed E-state index contributed by atoms with van der Waals surface area (Å²) in [5, 5.41) is 2.81. The summed E-state index contributed by atoms with van der Waals surface area (Å²) in [6.07, 6.45) is 4.08. The third-order valence-corrected chi connectivity index (χ3v) is 5.17. The third kappa shape index (κ3) is 5.02. The molecule has 1 aromatic rings. The van der Waals surface area contributed by atoms with Gasteiger partial charge in [-0.2, -0.15) is 0 Å². The van der Waals surface area contributed by atoms with Crippen molar-refractivity contribution in [3.05, 3.63) is 29.8 Å². The van der Waals surface area contributed by atoms with Crippen LogP contribution in [0.15, 0.2) is 24.3 Å². The van der Waals surface area contributed by atoms with Crippen LogP contribution in [-0.4, -0.2) is 32.7 Å². The Morgan fingerprint density at radius 1 is 1.27 bits per heavy atom. The average molecular weight is 325 g/mol. The van der Waals surface area contributed by atoms with E-state index in [0.717, 1.165) is 25.7 Å². The van der Waals surface area contributed by atoms with Gasteiger partial charge in [0.25, 0.3) is 0 Å². The first-order chi connectivity index (χ1) is 10.5. The van der Waals surface area contributed by atoms with Crippen LogP contribution in [0.25, 0.3) is 0 Å². The minimum Gasteiger partial charge on any atom is -0.494 e. The highest BCUT2D eigenvalue weighted by Crippen LogP contribution is 2.21. The van der Waals surface area contributed by atoms with Gasteiger partial charge in [0.1, 0.15) is 11.5 Å². The summed E-state index contributed by atoms with van der Waals surface area (Å²) in [6, 6.07) is 7.17. The Hall–Kier alpha value is -1.56. The van der Waals surface area contributed by atoms with Crippen molar-refractivity contribution in [3.8, 4) is 5.75 Å². The summed E-state index contributed by atoms with van der Waals surface area (Å²) < 4.78 is 29.9. The highest BCUT2D eigenvalue weighted by atomic mass is 32.2. The van der Waals surface area contributed by atoms with Crippen molar-refractivity contribution < 1.29 is 17.9 Å². The molecule has 1 N–H and O–H groups in total. The van der Waals surface area contributed by atoms with Crippen molar-refractivity contribution in [2.24, 2.45) is 0 Å². The lowest BCUT2D eigenvalue weighted by atomic mass is 10.2. The lowest BCUT2D eigenvalue weighted by Gasteiger charge is -2.13. The number of para-hydroxylation sites is 1. The quantitative estimate of drug-likeness (QED) is 0.833. The molecule has 1 aromatic carbocycles. The van der Waals surface area contributed by atoms with Crippen LogP contribution in [0.5, 0.6) is 5.75 Å². The summed E-state index contributed by atoms with van der Waals surface area (Å²) in [7, 11) is -3.51. The van der Waals surface area contributed by atoms with E-state index in [1.54, 1.807) is 24.3 Å². The smallest absolute Gasteiger partial charge is 0.235 e. The molecule has 0 aromatic heterocycles. The normalized spacial score (nSPS) is 15.7. The van der Waals surface area contributed by atoms with E-state index >= 15 is 0 Å². The van der Waals surface area contributed by atoms with Gasteiger partial charge in [0.05, 0.1) is 12.4 Å². The highest BCUT2D eigenvalue weighted by molar-refractivity contribution is 7.91. The standard InChI is InChI=1S/C16H23NO4S/c1-2-21-15-10-6-3-7-13(15)11-22(19,20)12-16(18)17-14-8-4-5-9-14/h3,6-7,10,14H,2,4-5,8-9,11-12H2,1H3,(H,17,18). The molecule has 5 nitrogen and oxygen atoms in total. The minimum absolute atomic E-state index is 0.137. The number of nitrogens with one attached hydrogen (secondary N) is 1. The SMILES string of the molecule is CCOc1ccccc1CS(=O)(=O)CC(=O)NC1CCCC1. The van der Waals surface area contributed by atoms with Crippen molar-refractivity contribution in [3.63, 3.8) is 0 Å². The van der Waals surface area contributed by atoms with Gasteiger partial charge in [0, 0.05) is 11.6 Å². The van der Waals surface area contributed by atoms with E-state index in [1.165, 1.54) is 0 Å². The van der Waals surface area contributed by atoms with Crippen LogP contribution in [0.1, 0.15) is 38.2 Å². The Bertz CT molecular complexity index is 606. The first-order valence-corrected chi connectivity index (χ1v) is 9.53. The molecule has 0 unspecified atom stereocenters. The zero-order chi connectivity index (χ0) is 16.0. The predicted molar refractivity (Wildman–Crippen MR) is 85.5 cm³/mol. The molecular weight excluding hydrogens is 302 g/mol. The number of hydrogen-bond donors (Lipinski definition) is 1. The van der Waals surface area contributed by atoms with Crippen LogP contribution in [0.2, 0.25) is 0 Å². The molecule has 0 bridgehead atoms. The third-order valence-electron chi connectivity index (χ3n) is 3.72. The van der Waals surface area contributed by atoms with E-state index in [9.17, 15) is 13.2 Å². The largest absolute Gasteiger partial charge is 0.494 e. The van der Waals surface area contributed by atoms with Crippen molar-refractivity contribution in [2.45, 2.75) is 44.4 Å². The molecule has 0 heterocycles. The maximum atomic E-state index is 12.2. The lowest BCUT2D eigenvalue weighted by molar-refractivity contribution is -0.119. The van der Waals surface area contributed by atoms with E-state index in [2.05, 4.69) is 5.32 Å². The van der Waals surface area contributed by atoms with Crippen LogP contribution in [-0.2, 0) is 20.4 Å². The summed E-state index contributed by atoms with van der Waals surface area (Å²) in [6.45, 7) is 2.32. The molecule has 0 radical (unpaired) electrons. The summed E-state index contributed by atoms with van der Waals surface area (Å²) in [4.78, 5) is 11.9. The highest BCUT2D eigenvalue weighted by Gasteiger charge is 2.22. The molecule has 122 valence electrons. The minimum atomic E-state index is -3.51. The predicted octanol–water partition coefficient (Wildman–Crippen LogP) is 2.06. The molecule has 0 spiro atoms. The molecule has 1 amide bonds. The summed E-state index contributed by atoms with van der Waals surface area (Å²) in [5.74, 6) is -0.490. The zero-order valence-corrected chi connectivity index (χ0v) is 13.7. The molecule has 0 aliphatic heterocycles. The number of carbonyl (C=O) groups excluding carboxylic acids is 1. The molecule has 0 saturated heterocycles. The number of sulfone groups is 1. The van der Waals surface area contributed by atoms with Gasteiger partial charge in [-0.15, -0.1) is 0 Å². The van der Waals surface area contributed by atoms with Gasteiger partial charge in [-0.25, -0.2) is 8.42 Å². The van der Waals surface area contributed by atoms with Gasteiger partial charge in [0.15, 0.2) is 9.84 Å². The van der Waals surface area contributed by atoms with Gasteiger partial charge in [0.2, 0.25) is 5.91 Å². The average Bonchev–Trinajstić information content (AvgIpc) is 2.93. The Morgan fingerprint density at radius 2 is 1.95 bits per heavy atom. The topological polar surface area (TPSA) is 72.5 Å². The van der Waals surface area contributed by atoms with E-state index < -0.39 is 21.5 Å². The number of amides is 1. The molecule has 2 rings (SSSR count). The zero-order valence-electron chi connectivity index (χ0n) is 12.9. The van der Waals surface area contributed by atoms with Crippen LogP contribution in [0, 0.1) is 0 Å². The second-order valence-corrected chi connectivity index (χ2v) is 7.69. The molecule has 1 aliphatic carbocycles. The number of hydrogen-bond acceptors (Lipinski definition) is 4.